The summed E-state index contributed by atoms with van der Waals surface area (Å²) in [6, 6.07) is 24.4. The maximum Gasteiger partial charge on any atom is 0.160 e. The Morgan fingerprint density at radius 3 is 2.02 bits per heavy atom. The monoisotopic (exact) mass is 538 g/mol. The van der Waals surface area contributed by atoms with E-state index < -0.39 is 0 Å². The first-order chi connectivity index (χ1) is 19.2. The molecule has 0 radical (unpaired) electrons. The molecule has 3 aromatic rings. The molecule has 0 spiro atoms. The smallest absolute Gasteiger partial charge is 0.160 e. The fourth-order valence-electron chi connectivity index (χ4n) is 8.35. The number of hydrogen-bond donors (Lipinski definition) is 0. The lowest BCUT2D eigenvalue weighted by Crippen LogP contribution is -2.48. The molecule has 0 N–H and O–H groups in total. The summed E-state index contributed by atoms with van der Waals surface area (Å²) in [5.74, 6) is 5.37. The first-order valence-electron chi connectivity index (χ1n) is 15.3. The Balaban J connectivity index is 1.23. The van der Waals surface area contributed by atoms with E-state index in [1.54, 1.807) is 19.8 Å². The molecule has 7 rings (SSSR count). The van der Waals surface area contributed by atoms with Gasteiger partial charge in [0.25, 0.3) is 0 Å². The van der Waals surface area contributed by atoms with Gasteiger partial charge in [-0.15, -0.1) is 0 Å². The summed E-state index contributed by atoms with van der Waals surface area (Å²) in [5, 5.41) is 0. The van der Waals surface area contributed by atoms with Crippen LogP contribution in [-0.2, 0) is 17.3 Å². The van der Waals surface area contributed by atoms with Crippen molar-refractivity contribution in [1.29, 1.82) is 0 Å². The molecule has 4 saturated carbocycles. The Labute approximate surface area is 241 Å². The van der Waals surface area contributed by atoms with Crippen LogP contribution < -0.4 is 14.2 Å². The highest BCUT2D eigenvalue weighted by molar-refractivity contribution is 5.43. The maximum absolute atomic E-state index is 6.81. The van der Waals surface area contributed by atoms with Crippen LogP contribution in [0.5, 0.6) is 17.2 Å². The summed E-state index contributed by atoms with van der Waals surface area (Å²) in [6.07, 6.45) is 10.4. The van der Waals surface area contributed by atoms with Crippen LogP contribution in [0, 0.1) is 17.8 Å². The number of hydrogen-bond acceptors (Lipinski definition) is 3. The van der Waals surface area contributed by atoms with Crippen molar-refractivity contribution in [2.24, 2.45) is 17.8 Å². The van der Waals surface area contributed by atoms with Gasteiger partial charge in [-0.05, 0) is 126 Å². The fourth-order valence-corrected chi connectivity index (χ4v) is 8.35. The maximum atomic E-state index is 6.81. The Hall–Kier alpha value is -2.94. The van der Waals surface area contributed by atoms with E-state index in [2.05, 4.69) is 81.4 Å². The van der Waals surface area contributed by atoms with E-state index in [-0.39, 0.29) is 11.5 Å². The summed E-state index contributed by atoms with van der Waals surface area (Å²) in [6.45, 7) is 6.82. The van der Waals surface area contributed by atoms with E-state index in [4.69, 9.17) is 14.2 Å². The normalized spacial score (nSPS) is 26.0. The molecule has 4 aliphatic carbocycles. The highest BCUT2D eigenvalue weighted by atomic mass is 16.5. The summed E-state index contributed by atoms with van der Waals surface area (Å²) in [5.41, 5.74) is 5.84. The quantitative estimate of drug-likeness (QED) is 0.272. The zero-order valence-electron chi connectivity index (χ0n) is 25.0. The molecule has 1 atom stereocenters. The van der Waals surface area contributed by atoms with Crippen molar-refractivity contribution in [3.8, 4) is 17.2 Å². The highest BCUT2D eigenvalue weighted by Gasteiger charge is 2.51. The van der Waals surface area contributed by atoms with Gasteiger partial charge in [-0.3, -0.25) is 0 Å². The van der Waals surface area contributed by atoms with Crippen molar-refractivity contribution in [2.75, 3.05) is 14.2 Å². The number of benzene rings is 3. The van der Waals surface area contributed by atoms with Gasteiger partial charge in [-0.1, -0.05) is 63.2 Å². The minimum atomic E-state index is -0.0409. The van der Waals surface area contributed by atoms with Gasteiger partial charge in [0.05, 0.1) is 14.2 Å². The molecule has 4 aliphatic rings. The minimum absolute atomic E-state index is 0.0409. The molecule has 3 aromatic carbocycles. The lowest BCUT2D eigenvalue weighted by molar-refractivity contribution is -0.00521. The largest absolute Gasteiger partial charge is 0.493 e. The second kappa shape index (κ2) is 10.8. The van der Waals surface area contributed by atoms with Crippen molar-refractivity contribution >= 4 is 0 Å². The van der Waals surface area contributed by atoms with Crippen molar-refractivity contribution in [3.05, 3.63) is 89.0 Å². The molecule has 0 amide bonds. The SMILES string of the molecule is COc1ccc(CCC(Oc2ccc(C34CC5CC(CC(C5)C3)C4)cc2)c2cccc(C(C)(C)C)c2)cc1OC. The Kier molecular flexibility index (Phi) is 7.36. The summed E-state index contributed by atoms with van der Waals surface area (Å²) in [7, 11) is 3.37. The predicted octanol–water partition coefficient (Wildman–Crippen LogP) is 9.22. The van der Waals surface area contributed by atoms with E-state index in [9.17, 15) is 0 Å². The van der Waals surface area contributed by atoms with E-state index in [0.717, 1.165) is 47.8 Å². The van der Waals surface area contributed by atoms with Gasteiger partial charge in [0.15, 0.2) is 11.5 Å². The average Bonchev–Trinajstić information content (AvgIpc) is 2.94. The van der Waals surface area contributed by atoms with Crippen LogP contribution in [-0.4, -0.2) is 14.2 Å². The van der Waals surface area contributed by atoms with Gasteiger partial charge >= 0.3 is 0 Å². The zero-order valence-corrected chi connectivity index (χ0v) is 25.0. The van der Waals surface area contributed by atoms with Gasteiger partial charge in [0.2, 0.25) is 0 Å². The molecule has 4 fully saturated rings. The van der Waals surface area contributed by atoms with Gasteiger partial charge < -0.3 is 14.2 Å². The molecule has 40 heavy (non-hydrogen) atoms. The van der Waals surface area contributed by atoms with Gasteiger partial charge in [-0.2, -0.15) is 0 Å². The minimum Gasteiger partial charge on any atom is -0.493 e. The van der Waals surface area contributed by atoms with Crippen molar-refractivity contribution in [2.45, 2.75) is 89.1 Å². The van der Waals surface area contributed by atoms with Gasteiger partial charge in [0.1, 0.15) is 11.9 Å². The van der Waals surface area contributed by atoms with Crippen molar-refractivity contribution in [3.63, 3.8) is 0 Å². The van der Waals surface area contributed by atoms with E-state index in [1.807, 2.05) is 6.07 Å². The van der Waals surface area contributed by atoms with Gasteiger partial charge in [-0.25, -0.2) is 0 Å². The van der Waals surface area contributed by atoms with E-state index in [1.165, 1.54) is 55.2 Å². The number of aryl methyl sites for hydroxylation is 1. The van der Waals surface area contributed by atoms with E-state index in [0.29, 0.717) is 5.41 Å². The Bertz CT molecular complexity index is 1280. The molecule has 0 saturated heterocycles. The third-order valence-electron chi connectivity index (χ3n) is 10.1. The highest BCUT2D eigenvalue weighted by Crippen LogP contribution is 2.60. The predicted molar refractivity (Wildman–Crippen MR) is 163 cm³/mol. The molecule has 1 unspecified atom stereocenters. The van der Waals surface area contributed by atoms with Crippen LogP contribution in [0.4, 0.5) is 0 Å². The first kappa shape index (κ1) is 27.2. The lowest BCUT2D eigenvalue weighted by atomic mass is 9.48. The van der Waals surface area contributed by atoms with Crippen LogP contribution in [0.2, 0.25) is 0 Å². The van der Waals surface area contributed by atoms with Crippen LogP contribution in [0.15, 0.2) is 66.7 Å². The number of ether oxygens (including phenoxy) is 3. The van der Waals surface area contributed by atoms with Crippen LogP contribution in [0.1, 0.15) is 94.1 Å². The standard InChI is InChI=1S/C37H46O3/c1-36(2,3)31-8-6-7-29(21-31)33(15-9-25-10-16-34(38-4)35(20-25)39-5)40-32-13-11-30(12-14-32)37-22-26-17-27(23-37)19-28(18-26)24-37/h6-8,10-14,16,20-21,26-28,33H,9,15,17-19,22-24H2,1-5H3. The molecule has 0 heterocycles. The Morgan fingerprint density at radius 2 is 1.43 bits per heavy atom. The van der Waals surface area contributed by atoms with Crippen LogP contribution in [0.3, 0.4) is 0 Å². The first-order valence-corrected chi connectivity index (χ1v) is 15.3. The number of rotatable bonds is 9. The molecule has 212 valence electrons. The van der Waals surface area contributed by atoms with Crippen LogP contribution >= 0.6 is 0 Å². The Morgan fingerprint density at radius 1 is 0.775 bits per heavy atom. The second-order valence-corrected chi connectivity index (χ2v) is 13.9. The molecular weight excluding hydrogens is 492 g/mol. The summed E-state index contributed by atoms with van der Waals surface area (Å²) < 4.78 is 17.8. The molecule has 0 aromatic heterocycles. The van der Waals surface area contributed by atoms with Crippen molar-refractivity contribution in [1.82, 2.24) is 0 Å². The molecular formula is C37H46O3. The summed E-state index contributed by atoms with van der Waals surface area (Å²) in [4.78, 5) is 0. The molecule has 0 aliphatic heterocycles. The fraction of sp³-hybridized carbons (Fsp3) is 0.514. The number of methoxy groups -OCH3 is 2. The lowest BCUT2D eigenvalue weighted by Gasteiger charge is -2.57. The van der Waals surface area contributed by atoms with Gasteiger partial charge in [0, 0.05) is 0 Å². The van der Waals surface area contributed by atoms with Crippen molar-refractivity contribution < 1.29 is 14.2 Å². The average molecular weight is 539 g/mol. The molecule has 3 heteroatoms. The molecule has 3 nitrogen and oxygen atoms in total. The third-order valence-corrected chi connectivity index (χ3v) is 10.1. The zero-order chi connectivity index (χ0) is 27.9. The van der Waals surface area contributed by atoms with E-state index >= 15 is 0 Å². The van der Waals surface area contributed by atoms with Crippen LogP contribution in [0.25, 0.3) is 0 Å². The summed E-state index contributed by atoms with van der Waals surface area (Å²) >= 11 is 0. The topological polar surface area (TPSA) is 27.7 Å². The molecule has 4 bridgehead atoms. The second-order valence-electron chi connectivity index (χ2n) is 13.9. The third kappa shape index (κ3) is 5.49.